The number of hydrogen-bond donors (Lipinski definition) is 0. The van der Waals surface area contributed by atoms with Crippen LogP contribution in [0.25, 0.3) is 0 Å². The van der Waals surface area contributed by atoms with Crippen molar-refractivity contribution in [3.63, 3.8) is 0 Å². The highest BCUT2D eigenvalue weighted by molar-refractivity contribution is 5.65. The minimum absolute atomic E-state index is 0.193. The van der Waals surface area contributed by atoms with Gasteiger partial charge in [-0.15, -0.1) is 0 Å². The normalized spacial score (nSPS) is 23.1. The zero-order chi connectivity index (χ0) is 13.8. The van der Waals surface area contributed by atoms with Gasteiger partial charge in [0.2, 0.25) is 0 Å². The third-order valence-corrected chi connectivity index (χ3v) is 3.20. The van der Waals surface area contributed by atoms with Crippen molar-refractivity contribution in [3.8, 4) is 0 Å². The van der Waals surface area contributed by atoms with Crippen molar-refractivity contribution in [2.75, 3.05) is 6.61 Å². The molecular formula is C13H22O5. The van der Waals surface area contributed by atoms with E-state index in [1.165, 1.54) is 6.92 Å². The number of cyclic esters (lactones) is 2. The van der Waals surface area contributed by atoms with Crippen molar-refractivity contribution >= 4 is 12.1 Å². The number of esters is 1. The fraction of sp³-hybridized carbons (Fsp3) is 0.846. The van der Waals surface area contributed by atoms with Crippen LogP contribution in [0.1, 0.15) is 47.0 Å². The van der Waals surface area contributed by atoms with E-state index in [0.29, 0.717) is 12.5 Å². The molecule has 0 aromatic carbocycles. The number of rotatable bonds is 6. The van der Waals surface area contributed by atoms with Crippen LogP contribution in [0.15, 0.2) is 0 Å². The van der Waals surface area contributed by atoms with E-state index >= 15 is 0 Å². The molecule has 0 spiro atoms. The first-order valence-corrected chi connectivity index (χ1v) is 6.34. The molecule has 1 saturated heterocycles. The minimum Gasteiger partial charge on any atom is -0.466 e. The molecule has 1 aliphatic rings. The van der Waals surface area contributed by atoms with E-state index in [2.05, 4.69) is 6.92 Å². The first-order valence-electron chi connectivity index (χ1n) is 6.34. The van der Waals surface area contributed by atoms with E-state index < -0.39 is 11.8 Å². The highest BCUT2D eigenvalue weighted by Gasteiger charge is 2.43. The summed E-state index contributed by atoms with van der Waals surface area (Å²) in [5, 5.41) is 0. The van der Waals surface area contributed by atoms with Crippen molar-refractivity contribution in [1.82, 2.24) is 0 Å². The maximum absolute atomic E-state index is 11.1. The smallest absolute Gasteiger partial charge is 0.466 e. The molecule has 18 heavy (non-hydrogen) atoms. The van der Waals surface area contributed by atoms with Crippen molar-refractivity contribution in [2.24, 2.45) is 5.92 Å². The van der Waals surface area contributed by atoms with E-state index in [1.54, 1.807) is 0 Å². The maximum Gasteiger partial charge on any atom is 0.509 e. The van der Waals surface area contributed by atoms with Gasteiger partial charge in [-0.25, -0.2) is 4.79 Å². The van der Waals surface area contributed by atoms with Crippen LogP contribution >= 0.6 is 0 Å². The predicted molar refractivity (Wildman–Crippen MR) is 65.1 cm³/mol. The van der Waals surface area contributed by atoms with Gasteiger partial charge in [-0.2, -0.15) is 0 Å². The second-order valence-corrected chi connectivity index (χ2v) is 5.37. The van der Waals surface area contributed by atoms with Crippen LogP contribution in [-0.2, 0) is 19.0 Å². The van der Waals surface area contributed by atoms with E-state index in [0.717, 1.165) is 19.3 Å². The summed E-state index contributed by atoms with van der Waals surface area (Å²) >= 11 is 0. The Morgan fingerprint density at radius 3 is 2.61 bits per heavy atom. The molecule has 1 rings (SSSR count). The Hall–Kier alpha value is -1.26. The van der Waals surface area contributed by atoms with Crippen LogP contribution in [0.3, 0.4) is 0 Å². The quantitative estimate of drug-likeness (QED) is 0.685. The van der Waals surface area contributed by atoms with Crippen LogP contribution < -0.4 is 0 Å². The molecule has 0 aromatic heterocycles. The van der Waals surface area contributed by atoms with E-state index in [9.17, 15) is 9.59 Å². The summed E-state index contributed by atoms with van der Waals surface area (Å²) in [7, 11) is 0. The van der Waals surface area contributed by atoms with Gasteiger partial charge >= 0.3 is 12.1 Å². The maximum atomic E-state index is 11.1. The van der Waals surface area contributed by atoms with Crippen molar-refractivity contribution in [3.05, 3.63) is 0 Å². The van der Waals surface area contributed by atoms with E-state index in [4.69, 9.17) is 14.2 Å². The van der Waals surface area contributed by atoms with Crippen LogP contribution in [0.4, 0.5) is 4.79 Å². The minimum atomic E-state index is -0.586. The first-order chi connectivity index (χ1) is 8.31. The molecule has 1 fully saturated rings. The Morgan fingerprint density at radius 1 is 1.44 bits per heavy atom. The predicted octanol–water partition coefficient (Wildman–Crippen LogP) is 2.67. The summed E-state index contributed by atoms with van der Waals surface area (Å²) < 4.78 is 15.1. The molecule has 0 N–H and O–H groups in total. The molecule has 5 heteroatoms. The molecule has 2 atom stereocenters. The monoisotopic (exact) mass is 258 g/mol. The van der Waals surface area contributed by atoms with Gasteiger partial charge in [-0.3, -0.25) is 4.79 Å². The second kappa shape index (κ2) is 6.07. The lowest BCUT2D eigenvalue weighted by molar-refractivity contribution is -0.141. The Kier molecular flexibility index (Phi) is 4.99. The summed E-state index contributed by atoms with van der Waals surface area (Å²) in [5.41, 5.74) is -0.549. The summed E-state index contributed by atoms with van der Waals surface area (Å²) in [5.74, 6) is 0.168. The number of carbonyl (C=O) groups is 2. The molecular weight excluding hydrogens is 236 g/mol. The number of hydrogen-bond acceptors (Lipinski definition) is 5. The summed E-state index contributed by atoms with van der Waals surface area (Å²) in [6.07, 6.45) is 1.71. The standard InChI is InChI=1S/C13H22O5/c1-9(7-8-16-10(2)14)5-6-11-13(3,4)18-12(15)17-11/h9,11H,5-8H2,1-4H3. The SMILES string of the molecule is CC(=O)OCCC(C)CCC1OC(=O)OC1(C)C. The summed E-state index contributed by atoms with van der Waals surface area (Å²) in [4.78, 5) is 21.7. The topological polar surface area (TPSA) is 61.8 Å². The van der Waals surface area contributed by atoms with Crippen LogP contribution in [0, 0.1) is 5.92 Å². The molecule has 0 radical (unpaired) electrons. The fourth-order valence-corrected chi connectivity index (χ4v) is 1.95. The van der Waals surface area contributed by atoms with Gasteiger partial charge in [0.15, 0.2) is 0 Å². The summed E-state index contributed by atoms with van der Waals surface area (Å²) in [6, 6.07) is 0. The lowest BCUT2D eigenvalue weighted by Gasteiger charge is -2.22. The van der Waals surface area contributed by atoms with Crippen LogP contribution in [0.5, 0.6) is 0 Å². The Morgan fingerprint density at radius 2 is 2.11 bits per heavy atom. The van der Waals surface area contributed by atoms with E-state index in [1.807, 2.05) is 13.8 Å². The highest BCUT2D eigenvalue weighted by atomic mass is 16.8. The first kappa shape index (κ1) is 14.8. The molecule has 104 valence electrons. The zero-order valence-electron chi connectivity index (χ0n) is 11.5. The third-order valence-electron chi connectivity index (χ3n) is 3.20. The molecule has 0 aromatic rings. The Labute approximate surface area is 108 Å². The summed E-state index contributed by atoms with van der Waals surface area (Å²) in [6.45, 7) is 7.65. The molecule has 0 aliphatic carbocycles. The van der Waals surface area contributed by atoms with Gasteiger partial charge in [-0.1, -0.05) is 6.92 Å². The van der Waals surface area contributed by atoms with Gasteiger partial charge in [0.25, 0.3) is 0 Å². The molecule has 1 aliphatic heterocycles. The highest BCUT2D eigenvalue weighted by Crippen LogP contribution is 2.30. The average molecular weight is 258 g/mol. The molecule has 1 heterocycles. The second-order valence-electron chi connectivity index (χ2n) is 5.37. The molecule has 2 unspecified atom stereocenters. The van der Waals surface area contributed by atoms with Gasteiger partial charge < -0.3 is 14.2 Å². The van der Waals surface area contributed by atoms with Gasteiger partial charge in [0.05, 0.1) is 6.61 Å². The lowest BCUT2D eigenvalue weighted by atomic mass is 9.93. The van der Waals surface area contributed by atoms with E-state index in [-0.39, 0.29) is 12.1 Å². The average Bonchev–Trinajstić information content (AvgIpc) is 2.48. The molecule has 0 saturated carbocycles. The lowest BCUT2D eigenvalue weighted by Crippen LogP contribution is -2.33. The van der Waals surface area contributed by atoms with Gasteiger partial charge in [0.1, 0.15) is 11.7 Å². The number of carbonyl (C=O) groups excluding carboxylic acids is 2. The Balaban J connectivity index is 2.24. The number of ether oxygens (including phenoxy) is 3. The van der Waals surface area contributed by atoms with Crippen molar-refractivity contribution in [2.45, 2.75) is 58.7 Å². The van der Waals surface area contributed by atoms with Crippen molar-refractivity contribution < 1.29 is 23.8 Å². The Bertz CT molecular complexity index is 311. The largest absolute Gasteiger partial charge is 0.509 e. The third kappa shape index (κ3) is 4.55. The fourth-order valence-electron chi connectivity index (χ4n) is 1.95. The zero-order valence-corrected chi connectivity index (χ0v) is 11.5. The van der Waals surface area contributed by atoms with Crippen molar-refractivity contribution in [1.29, 1.82) is 0 Å². The van der Waals surface area contributed by atoms with Gasteiger partial charge in [0, 0.05) is 6.92 Å². The molecule has 0 bridgehead atoms. The molecule has 5 nitrogen and oxygen atoms in total. The van der Waals surface area contributed by atoms with Gasteiger partial charge in [-0.05, 0) is 39.0 Å². The molecule has 0 amide bonds. The van der Waals surface area contributed by atoms with Crippen LogP contribution in [0.2, 0.25) is 0 Å². The van der Waals surface area contributed by atoms with Crippen LogP contribution in [-0.4, -0.2) is 30.4 Å².